The molecule has 22 heavy (non-hydrogen) atoms. The molecule has 4 nitrogen and oxygen atoms in total. The Morgan fingerprint density at radius 2 is 1.68 bits per heavy atom. The van der Waals surface area contributed by atoms with Crippen molar-refractivity contribution < 1.29 is 4.79 Å². The van der Waals surface area contributed by atoms with Crippen LogP contribution in [0, 0.1) is 11.9 Å². The fourth-order valence-electron chi connectivity index (χ4n) is 2.09. The van der Waals surface area contributed by atoms with Crippen molar-refractivity contribution in [2.24, 2.45) is 0 Å². The molecule has 0 aliphatic carbocycles. The molecular formula is C15H8I2N2O2S. The summed E-state index contributed by atoms with van der Waals surface area (Å²) in [6.07, 6.45) is 0. The van der Waals surface area contributed by atoms with Crippen LogP contribution in [-0.4, -0.2) is 15.5 Å². The van der Waals surface area contributed by atoms with Gasteiger partial charge in [0, 0.05) is 12.7 Å². The molecule has 1 N–H and O–H groups in total. The van der Waals surface area contributed by atoms with Gasteiger partial charge in [0.2, 0.25) is 0 Å². The van der Waals surface area contributed by atoms with Gasteiger partial charge >= 0.3 is 0 Å². The van der Waals surface area contributed by atoms with Gasteiger partial charge in [-0.25, -0.2) is 4.57 Å². The molecule has 0 aliphatic heterocycles. The summed E-state index contributed by atoms with van der Waals surface area (Å²) in [7, 11) is 0. The smallest absolute Gasteiger partial charge is 0.269 e. The minimum absolute atomic E-state index is 0.0993. The number of benzene rings is 2. The Labute approximate surface area is 157 Å². The number of H-pyrrole nitrogens is 1. The fraction of sp³-hybridized carbons (Fsp3) is 0. The molecule has 0 saturated heterocycles. The molecule has 0 radical (unpaired) electrons. The van der Waals surface area contributed by atoms with Crippen molar-refractivity contribution in [1.29, 1.82) is 0 Å². The number of nitrogens with one attached hydrogen (secondary N) is 1. The SMILES string of the molecule is O=C(c1ccc(I)cc1)n1c(=S)[nH]c2ccc(I)cc2c1=O. The van der Waals surface area contributed by atoms with Crippen LogP contribution in [-0.2, 0) is 0 Å². The van der Waals surface area contributed by atoms with Crippen molar-refractivity contribution in [3.63, 3.8) is 0 Å². The summed E-state index contributed by atoms with van der Waals surface area (Å²) >= 11 is 9.46. The van der Waals surface area contributed by atoms with Gasteiger partial charge in [-0.2, -0.15) is 0 Å². The molecule has 0 aliphatic rings. The molecule has 0 unspecified atom stereocenters. The number of hydrogen-bond acceptors (Lipinski definition) is 3. The third-order valence-corrected chi connectivity index (χ3v) is 4.83. The van der Waals surface area contributed by atoms with Crippen LogP contribution in [0.15, 0.2) is 47.3 Å². The van der Waals surface area contributed by atoms with Crippen LogP contribution in [0.2, 0.25) is 0 Å². The van der Waals surface area contributed by atoms with Crippen molar-refractivity contribution in [2.45, 2.75) is 0 Å². The van der Waals surface area contributed by atoms with E-state index in [1.54, 1.807) is 24.3 Å². The Morgan fingerprint density at radius 3 is 2.36 bits per heavy atom. The molecule has 3 aromatic rings. The Bertz CT molecular complexity index is 1010. The summed E-state index contributed by atoms with van der Waals surface area (Å²) in [5.74, 6) is -0.427. The molecule has 0 saturated carbocycles. The van der Waals surface area contributed by atoms with Gasteiger partial charge in [0.15, 0.2) is 4.77 Å². The lowest BCUT2D eigenvalue weighted by Gasteiger charge is -2.07. The van der Waals surface area contributed by atoms with E-state index in [0.717, 1.165) is 11.7 Å². The lowest BCUT2D eigenvalue weighted by atomic mass is 10.2. The second-order valence-corrected chi connectivity index (χ2v) is 7.45. The number of aromatic nitrogens is 2. The van der Waals surface area contributed by atoms with Gasteiger partial charge in [-0.05, 0) is 99.9 Å². The summed E-state index contributed by atoms with van der Waals surface area (Å²) in [6.45, 7) is 0. The van der Waals surface area contributed by atoms with Crippen LogP contribution in [0.3, 0.4) is 0 Å². The van der Waals surface area contributed by atoms with E-state index in [1.165, 1.54) is 0 Å². The minimum atomic E-state index is -0.427. The lowest BCUT2D eigenvalue weighted by Crippen LogP contribution is -2.29. The summed E-state index contributed by atoms with van der Waals surface area (Å²) in [4.78, 5) is 28.2. The van der Waals surface area contributed by atoms with Gasteiger partial charge in [0.25, 0.3) is 11.5 Å². The number of nitrogens with zero attached hydrogens (tertiary/aromatic N) is 1. The molecule has 1 aromatic heterocycles. The van der Waals surface area contributed by atoms with Gasteiger partial charge < -0.3 is 4.98 Å². The molecule has 1 heterocycles. The van der Waals surface area contributed by atoms with Crippen molar-refractivity contribution >= 4 is 74.2 Å². The molecule has 0 amide bonds. The quantitative estimate of drug-likeness (QED) is 0.380. The highest BCUT2D eigenvalue weighted by molar-refractivity contribution is 14.1. The molecule has 0 fully saturated rings. The zero-order chi connectivity index (χ0) is 15.9. The van der Waals surface area contributed by atoms with E-state index in [0.29, 0.717) is 16.5 Å². The van der Waals surface area contributed by atoms with E-state index in [4.69, 9.17) is 12.2 Å². The van der Waals surface area contributed by atoms with Crippen molar-refractivity contribution in [1.82, 2.24) is 9.55 Å². The molecular weight excluding hydrogens is 526 g/mol. The number of carbonyl (C=O) groups excluding carboxylic acids is 1. The van der Waals surface area contributed by atoms with Crippen LogP contribution in [0.4, 0.5) is 0 Å². The topological polar surface area (TPSA) is 54.9 Å². The second kappa shape index (κ2) is 6.20. The van der Waals surface area contributed by atoms with E-state index >= 15 is 0 Å². The number of carbonyl (C=O) groups is 1. The van der Waals surface area contributed by atoms with E-state index in [-0.39, 0.29) is 4.77 Å². The zero-order valence-electron chi connectivity index (χ0n) is 11.0. The number of hydrogen-bond donors (Lipinski definition) is 1. The maximum absolute atomic E-state index is 12.6. The monoisotopic (exact) mass is 534 g/mol. The first-order valence-corrected chi connectivity index (χ1v) is 8.79. The van der Waals surface area contributed by atoms with Gasteiger partial charge in [0.1, 0.15) is 0 Å². The highest BCUT2D eigenvalue weighted by Crippen LogP contribution is 2.13. The van der Waals surface area contributed by atoms with Gasteiger partial charge in [-0.15, -0.1) is 0 Å². The third kappa shape index (κ3) is 2.88. The van der Waals surface area contributed by atoms with Crippen molar-refractivity contribution in [3.8, 4) is 0 Å². The molecule has 0 atom stereocenters. The van der Waals surface area contributed by atoms with Crippen LogP contribution in [0.25, 0.3) is 10.9 Å². The molecule has 7 heteroatoms. The average Bonchev–Trinajstić information content (AvgIpc) is 2.49. The van der Waals surface area contributed by atoms with E-state index in [9.17, 15) is 9.59 Å². The standard InChI is InChI=1S/C15H8I2N2O2S/c16-9-3-1-8(2-4-9)13(20)19-14(21)11-7-10(17)5-6-12(11)18-15(19)22/h1-7H,(H,18,22). The predicted octanol–water partition coefficient (Wildman–Crippen LogP) is 3.96. The Hall–Kier alpha value is -1.07. The van der Waals surface area contributed by atoms with Crippen molar-refractivity contribution in [2.75, 3.05) is 0 Å². The number of aromatic amines is 1. The number of fused-ring (bicyclic) bond motifs is 1. The number of halogens is 2. The molecule has 2 aromatic carbocycles. The first kappa shape index (κ1) is 15.8. The van der Waals surface area contributed by atoms with Gasteiger partial charge in [-0.1, -0.05) is 0 Å². The third-order valence-electron chi connectivity index (χ3n) is 3.15. The Balaban J connectivity index is 2.26. The van der Waals surface area contributed by atoms with Gasteiger partial charge in [0.05, 0.1) is 10.9 Å². The first-order chi connectivity index (χ1) is 10.5. The summed E-state index contributed by atoms with van der Waals surface area (Å²) in [6, 6.07) is 12.4. The Morgan fingerprint density at radius 1 is 1.05 bits per heavy atom. The molecule has 0 bridgehead atoms. The van der Waals surface area contributed by atoms with Crippen LogP contribution in [0.1, 0.15) is 10.4 Å². The van der Waals surface area contributed by atoms with E-state index in [2.05, 4.69) is 50.2 Å². The minimum Gasteiger partial charge on any atom is -0.331 e. The maximum atomic E-state index is 12.6. The largest absolute Gasteiger partial charge is 0.331 e. The maximum Gasteiger partial charge on any atom is 0.269 e. The molecule has 0 spiro atoms. The normalized spacial score (nSPS) is 10.8. The molecule has 110 valence electrons. The first-order valence-electron chi connectivity index (χ1n) is 6.22. The van der Waals surface area contributed by atoms with E-state index in [1.807, 2.05) is 18.2 Å². The van der Waals surface area contributed by atoms with E-state index < -0.39 is 11.5 Å². The second-order valence-electron chi connectivity index (χ2n) is 4.57. The lowest BCUT2D eigenvalue weighted by molar-refractivity contribution is 0.0953. The highest BCUT2D eigenvalue weighted by Gasteiger charge is 2.14. The summed E-state index contributed by atoms with van der Waals surface area (Å²) in [5.41, 5.74) is 0.648. The van der Waals surface area contributed by atoms with Crippen LogP contribution < -0.4 is 5.56 Å². The highest BCUT2D eigenvalue weighted by atomic mass is 127. The molecule has 3 rings (SSSR count). The predicted molar refractivity (Wildman–Crippen MR) is 105 cm³/mol. The zero-order valence-corrected chi connectivity index (χ0v) is 16.1. The number of rotatable bonds is 1. The van der Waals surface area contributed by atoms with Gasteiger partial charge in [-0.3, -0.25) is 9.59 Å². The summed E-state index contributed by atoms with van der Waals surface area (Å²) < 4.78 is 3.04. The van der Waals surface area contributed by atoms with Crippen LogP contribution >= 0.6 is 57.4 Å². The summed E-state index contributed by atoms with van der Waals surface area (Å²) in [5, 5.41) is 0.444. The Kier molecular flexibility index (Phi) is 4.46. The van der Waals surface area contributed by atoms with Crippen molar-refractivity contribution in [3.05, 3.63) is 70.3 Å². The van der Waals surface area contributed by atoms with Crippen LogP contribution in [0.5, 0.6) is 0 Å². The average molecular weight is 534 g/mol. The fourth-order valence-corrected chi connectivity index (χ4v) is 3.22.